The lowest BCUT2D eigenvalue weighted by Gasteiger charge is -2.14. The van der Waals surface area contributed by atoms with Crippen molar-refractivity contribution in [3.8, 4) is 0 Å². The molecule has 0 aliphatic rings. The molecule has 4 nitrogen and oxygen atoms in total. The van der Waals surface area contributed by atoms with Crippen molar-refractivity contribution in [3.05, 3.63) is 0 Å². The van der Waals surface area contributed by atoms with Crippen LogP contribution in [0.25, 0.3) is 0 Å². The van der Waals surface area contributed by atoms with Gasteiger partial charge in [-0.2, -0.15) is 0 Å². The Morgan fingerprint density at radius 3 is 2.38 bits per heavy atom. The van der Waals surface area contributed by atoms with E-state index in [4.69, 9.17) is 10.5 Å². The van der Waals surface area contributed by atoms with Crippen molar-refractivity contribution < 1.29 is 14.3 Å². The Kier molecular flexibility index (Phi) is 5.30. The van der Waals surface area contributed by atoms with Gasteiger partial charge in [0.25, 0.3) is 0 Å². The van der Waals surface area contributed by atoms with Crippen LogP contribution in [-0.4, -0.2) is 24.9 Å². The van der Waals surface area contributed by atoms with Crippen molar-refractivity contribution in [2.24, 2.45) is 17.6 Å². The summed E-state index contributed by atoms with van der Waals surface area (Å²) in [4.78, 5) is 21.3. The van der Waals surface area contributed by atoms with Crippen LogP contribution in [-0.2, 0) is 14.3 Å². The van der Waals surface area contributed by atoms with E-state index in [1.165, 1.54) is 0 Å². The molecule has 0 aromatic rings. The Morgan fingerprint density at radius 2 is 2.00 bits per heavy atom. The summed E-state index contributed by atoms with van der Waals surface area (Å²) in [6.07, 6.45) is 0.744. The third kappa shape index (κ3) is 4.62. The van der Waals surface area contributed by atoms with E-state index in [-0.39, 0.29) is 18.4 Å². The first-order valence-corrected chi connectivity index (χ1v) is 4.36. The van der Waals surface area contributed by atoms with Crippen molar-refractivity contribution >= 4 is 12.3 Å². The molecule has 0 heterocycles. The van der Waals surface area contributed by atoms with E-state index < -0.39 is 12.0 Å². The molecule has 0 aliphatic carbocycles. The molecule has 0 amide bonds. The fourth-order valence-corrected chi connectivity index (χ4v) is 0.621. The summed E-state index contributed by atoms with van der Waals surface area (Å²) in [6.45, 7) is 5.48. The van der Waals surface area contributed by atoms with Crippen molar-refractivity contribution in [2.45, 2.75) is 26.8 Å². The summed E-state index contributed by atoms with van der Waals surface area (Å²) in [6, 6.07) is -0.598. The molecule has 4 heteroatoms. The SMILES string of the molecule is CC(C=O)COC(=O)[C@@H](N)C(C)C. The fourth-order valence-electron chi connectivity index (χ4n) is 0.621. The highest BCUT2D eigenvalue weighted by Gasteiger charge is 2.19. The van der Waals surface area contributed by atoms with Gasteiger partial charge in [-0.05, 0) is 5.92 Å². The van der Waals surface area contributed by atoms with Gasteiger partial charge in [0, 0.05) is 5.92 Å². The van der Waals surface area contributed by atoms with Gasteiger partial charge in [0.05, 0.1) is 0 Å². The number of ether oxygens (including phenoxy) is 1. The highest BCUT2D eigenvalue weighted by molar-refractivity contribution is 5.75. The summed E-state index contributed by atoms with van der Waals surface area (Å²) in [5.74, 6) is -0.647. The van der Waals surface area contributed by atoms with E-state index in [1.807, 2.05) is 13.8 Å². The number of hydrogen-bond donors (Lipinski definition) is 1. The lowest BCUT2D eigenvalue weighted by molar-refractivity contribution is -0.147. The topological polar surface area (TPSA) is 69.4 Å². The maximum absolute atomic E-state index is 11.1. The first-order chi connectivity index (χ1) is 5.99. The van der Waals surface area contributed by atoms with Crippen LogP contribution < -0.4 is 5.73 Å². The third-order valence-electron chi connectivity index (χ3n) is 1.71. The van der Waals surface area contributed by atoms with Gasteiger partial charge in [0.15, 0.2) is 0 Å². The normalized spacial score (nSPS) is 15.2. The number of hydrogen-bond acceptors (Lipinski definition) is 4. The molecule has 0 rings (SSSR count). The fraction of sp³-hybridized carbons (Fsp3) is 0.778. The number of rotatable bonds is 5. The molecule has 0 spiro atoms. The molecule has 0 saturated carbocycles. The average Bonchev–Trinajstić information content (AvgIpc) is 2.11. The minimum absolute atomic E-state index is 0.0547. The van der Waals surface area contributed by atoms with Gasteiger partial charge >= 0.3 is 5.97 Å². The van der Waals surface area contributed by atoms with E-state index in [1.54, 1.807) is 6.92 Å². The zero-order valence-corrected chi connectivity index (χ0v) is 8.32. The summed E-state index contributed by atoms with van der Waals surface area (Å²) in [7, 11) is 0. The molecule has 0 aromatic heterocycles. The number of aldehydes is 1. The van der Waals surface area contributed by atoms with E-state index >= 15 is 0 Å². The van der Waals surface area contributed by atoms with E-state index in [0.29, 0.717) is 0 Å². The van der Waals surface area contributed by atoms with E-state index in [2.05, 4.69) is 0 Å². The molecule has 2 N–H and O–H groups in total. The predicted molar refractivity (Wildman–Crippen MR) is 49.0 cm³/mol. The predicted octanol–water partition coefficient (Wildman–Crippen LogP) is 0.348. The van der Waals surface area contributed by atoms with E-state index in [9.17, 15) is 9.59 Å². The van der Waals surface area contributed by atoms with Gasteiger partial charge in [0.1, 0.15) is 18.9 Å². The van der Waals surface area contributed by atoms with Crippen LogP contribution in [0.4, 0.5) is 0 Å². The van der Waals surface area contributed by atoms with Gasteiger partial charge in [0.2, 0.25) is 0 Å². The summed E-state index contributed by atoms with van der Waals surface area (Å²) in [5, 5.41) is 0. The standard InChI is InChI=1S/C9H17NO3/c1-6(2)8(10)9(12)13-5-7(3)4-11/h4,6-8H,5,10H2,1-3H3/t7?,8-/m0/s1. The van der Waals surface area contributed by atoms with Gasteiger partial charge in [-0.25, -0.2) is 0 Å². The van der Waals surface area contributed by atoms with Crippen molar-refractivity contribution in [3.63, 3.8) is 0 Å². The average molecular weight is 187 g/mol. The molecule has 0 radical (unpaired) electrons. The molecule has 0 aliphatic heterocycles. The Bertz CT molecular complexity index is 180. The number of carbonyl (C=O) groups is 2. The van der Waals surface area contributed by atoms with Crippen molar-refractivity contribution in [1.82, 2.24) is 0 Å². The van der Waals surface area contributed by atoms with Crippen LogP contribution in [0.3, 0.4) is 0 Å². The summed E-state index contributed by atoms with van der Waals surface area (Å²) >= 11 is 0. The van der Waals surface area contributed by atoms with Gasteiger partial charge in [-0.3, -0.25) is 4.79 Å². The Balaban J connectivity index is 3.80. The second kappa shape index (κ2) is 5.70. The van der Waals surface area contributed by atoms with Crippen LogP contribution in [0.5, 0.6) is 0 Å². The molecule has 76 valence electrons. The summed E-state index contributed by atoms with van der Waals surface area (Å²) in [5.41, 5.74) is 5.52. The lowest BCUT2D eigenvalue weighted by Crippen LogP contribution is -2.37. The molecule has 0 fully saturated rings. The highest BCUT2D eigenvalue weighted by atomic mass is 16.5. The first-order valence-electron chi connectivity index (χ1n) is 4.36. The Hall–Kier alpha value is -0.900. The minimum Gasteiger partial charge on any atom is -0.464 e. The second-order valence-electron chi connectivity index (χ2n) is 3.51. The number of carbonyl (C=O) groups excluding carboxylic acids is 2. The lowest BCUT2D eigenvalue weighted by atomic mass is 10.1. The molecule has 2 atom stereocenters. The zero-order valence-electron chi connectivity index (χ0n) is 8.32. The van der Waals surface area contributed by atoms with Crippen LogP contribution in [0.1, 0.15) is 20.8 Å². The van der Waals surface area contributed by atoms with Gasteiger partial charge < -0.3 is 15.3 Å². The zero-order chi connectivity index (χ0) is 10.4. The van der Waals surface area contributed by atoms with Gasteiger partial charge in [-0.1, -0.05) is 20.8 Å². The maximum atomic E-state index is 11.1. The third-order valence-corrected chi connectivity index (χ3v) is 1.71. The number of nitrogens with two attached hydrogens (primary N) is 1. The molecule has 0 saturated heterocycles. The van der Waals surface area contributed by atoms with Crippen LogP contribution in [0.2, 0.25) is 0 Å². The van der Waals surface area contributed by atoms with Crippen molar-refractivity contribution in [2.75, 3.05) is 6.61 Å². The van der Waals surface area contributed by atoms with Gasteiger partial charge in [-0.15, -0.1) is 0 Å². The summed E-state index contributed by atoms with van der Waals surface area (Å²) < 4.78 is 4.82. The van der Waals surface area contributed by atoms with Crippen LogP contribution >= 0.6 is 0 Å². The van der Waals surface area contributed by atoms with E-state index in [0.717, 1.165) is 6.29 Å². The highest BCUT2D eigenvalue weighted by Crippen LogP contribution is 2.01. The van der Waals surface area contributed by atoms with Crippen LogP contribution in [0.15, 0.2) is 0 Å². The smallest absolute Gasteiger partial charge is 0.323 e. The van der Waals surface area contributed by atoms with Crippen molar-refractivity contribution in [1.29, 1.82) is 0 Å². The monoisotopic (exact) mass is 187 g/mol. The molecule has 13 heavy (non-hydrogen) atoms. The molecule has 0 aromatic carbocycles. The molecule has 0 bridgehead atoms. The first kappa shape index (κ1) is 12.1. The molecular weight excluding hydrogens is 170 g/mol. The molecule has 1 unspecified atom stereocenters. The Labute approximate surface area is 78.4 Å². The second-order valence-corrected chi connectivity index (χ2v) is 3.51. The molecular formula is C9H17NO3. The maximum Gasteiger partial charge on any atom is 0.323 e. The Morgan fingerprint density at radius 1 is 1.46 bits per heavy atom. The minimum atomic E-state index is -0.598. The largest absolute Gasteiger partial charge is 0.464 e. The number of esters is 1. The van der Waals surface area contributed by atoms with Crippen LogP contribution in [0, 0.1) is 11.8 Å². The quantitative estimate of drug-likeness (QED) is 0.498.